The molecule has 8 aromatic carbocycles. The SMILES string of the molecule is CC(C)(C)Oc1ccc2cc(C3(c4ccc5cc(Oc6ccc(C(=O)c7ccc(C(C)(C)C)cc7)cc6)ccc5c4)c4ccccc4-c4ccccc43)ccc2c1. The Labute approximate surface area is 335 Å². The molecule has 3 nitrogen and oxygen atoms in total. The van der Waals surface area contributed by atoms with E-state index in [0.717, 1.165) is 27.7 Å². The quantitative estimate of drug-likeness (QED) is 0.153. The van der Waals surface area contributed by atoms with Crippen LogP contribution in [0, 0.1) is 0 Å². The zero-order chi connectivity index (χ0) is 39.5. The summed E-state index contributed by atoms with van der Waals surface area (Å²) in [5, 5.41) is 4.53. The van der Waals surface area contributed by atoms with Gasteiger partial charge in [-0.2, -0.15) is 0 Å². The summed E-state index contributed by atoms with van der Waals surface area (Å²) in [6.45, 7) is 12.7. The molecule has 0 saturated carbocycles. The molecule has 0 amide bonds. The number of rotatable bonds is 7. The molecule has 0 heterocycles. The van der Waals surface area contributed by atoms with Crippen LogP contribution in [0.15, 0.2) is 170 Å². The molecule has 280 valence electrons. The van der Waals surface area contributed by atoms with Gasteiger partial charge < -0.3 is 9.47 Å². The molecule has 1 aliphatic carbocycles. The van der Waals surface area contributed by atoms with Gasteiger partial charge in [-0.05, 0) is 147 Å². The molecule has 0 atom stereocenters. The number of ketones is 1. The standard InChI is InChI=1S/C54H46O3/c1-52(2,3)41-23-15-35(16-24-41)51(55)36-19-27-44(28-20-36)56-45-29-21-37-31-42(25-17-39(37)33-45)54(49-13-9-7-11-47(49)48-12-8-10-14-50(48)54)43-26-18-40-34-46(57-53(4,5)6)30-22-38(40)32-43/h7-34H,1-6H3. The normalized spacial score (nSPS) is 13.3. The third-order valence-electron chi connectivity index (χ3n) is 11.2. The first-order valence-corrected chi connectivity index (χ1v) is 19.8. The fraction of sp³-hybridized carbons (Fsp3) is 0.167. The van der Waals surface area contributed by atoms with Crippen LogP contribution in [-0.2, 0) is 10.8 Å². The topological polar surface area (TPSA) is 35.5 Å². The van der Waals surface area contributed by atoms with E-state index in [1.807, 2.05) is 54.6 Å². The van der Waals surface area contributed by atoms with E-state index in [1.54, 1.807) is 0 Å². The van der Waals surface area contributed by atoms with E-state index in [9.17, 15) is 4.79 Å². The summed E-state index contributed by atoms with van der Waals surface area (Å²) in [7, 11) is 0. The van der Waals surface area contributed by atoms with Gasteiger partial charge in [0.2, 0.25) is 0 Å². The highest BCUT2D eigenvalue weighted by molar-refractivity contribution is 6.09. The number of fused-ring (bicyclic) bond motifs is 5. The Bertz CT molecular complexity index is 2770. The summed E-state index contributed by atoms with van der Waals surface area (Å²) < 4.78 is 12.6. The molecular formula is C54H46O3. The largest absolute Gasteiger partial charge is 0.488 e. The lowest BCUT2D eigenvalue weighted by Crippen LogP contribution is -2.28. The summed E-state index contributed by atoms with van der Waals surface area (Å²) >= 11 is 0. The monoisotopic (exact) mass is 742 g/mol. The van der Waals surface area contributed by atoms with Gasteiger partial charge in [0, 0.05) is 11.1 Å². The van der Waals surface area contributed by atoms with E-state index in [1.165, 1.54) is 44.3 Å². The van der Waals surface area contributed by atoms with Crippen molar-refractivity contribution in [2.24, 2.45) is 0 Å². The Morgan fingerprint density at radius 2 is 0.895 bits per heavy atom. The highest BCUT2D eigenvalue weighted by Gasteiger charge is 2.46. The minimum absolute atomic E-state index is 0.00248. The minimum atomic E-state index is -0.529. The number of hydrogen-bond donors (Lipinski definition) is 0. The van der Waals surface area contributed by atoms with Gasteiger partial charge in [-0.15, -0.1) is 0 Å². The van der Waals surface area contributed by atoms with Crippen LogP contribution in [-0.4, -0.2) is 11.4 Å². The molecule has 0 N–H and O–H groups in total. The number of carbonyl (C=O) groups is 1. The molecule has 0 bridgehead atoms. The molecule has 0 radical (unpaired) electrons. The Balaban J connectivity index is 1.06. The molecule has 8 aromatic rings. The van der Waals surface area contributed by atoms with Crippen molar-refractivity contribution >= 4 is 27.3 Å². The van der Waals surface area contributed by atoms with Gasteiger partial charge in [-0.25, -0.2) is 0 Å². The first-order valence-electron chi connectivity index (χ1n) is 19.8. The molecule has 3 heteroatoms. The van der Waals surface area contributed by atoms with Crippen molar-refractivity contribution in [1.29, 1.82) is 0 Å². The average molecular weight is 743 g/mol. The molecule has 1 aliphatic rings. The molecule has 0 spiro atoms. The Morgan fingerprint density at radius 1 is 0.456 bits per heavy atom. The molecule has 9 rings (SSSR count). The third kappa shape index (κ3) is 6.57. The Hall–Kier alpha value is -6.45. The molecule has 0 fully saturated rings. The second-order valence-electron chi connectivity index (χ2n) is 17.3. The first-order chi connectivity index (χ1) is 27.4. The van der Waals surface area contributed by atoms with E-state index >= 15 is 0 Å². The van der Waals surface area contributed by atoms with Gasteiger partial charge in [0.05, 0.1) is 5.41 Å². The van der Waals surface area contributed by atoms with Crippen molar-refractivity contribution in [2.45, 2.75) is 58.0 Å². The number of hydrogen-bond acceptors (Lipinski definition) is 3. The van der Waals surface area contributed by atoms with Crippen molar-refractivity contribution in [3.8, 4) is 28.4 Å². The second-order valence-corrected chi connectivity index (χ2v) is 17.3. The number of carbonyl (C=O) groups excluding carboxylic acids is 1. The van der Waals surface area contributed by atoms with Crippen LogP contribution < -0.4 is 9.47 Å². The molecule has 0 aliphatic heterocycles. The van der Waals surface area contributed by atoms with Crippen LogP contribution in [0.25, 0.3) is 32.7 Å². The summed E-state index contributed by atoms with van der Waals surface area (Å²) in [5.74, 6) is 2.29. The van der Waals surface area contributed by atoms with Crippen molar-refractivity contribution in [3.63, 3.8) is 0 Å². The van der Waals surface area contributed by atoms with Crippen LogP contribution >= 0.6 is 0 Å². The van der Waals surface area contributed by atoms with Gasteiger partial charge in [0.25, 0.3) is 0 Å². The van der Waals surface area contributed by atoms with E-state index in [-0.39, 0.29) is 16.8 Å². The third-order valence-corrected chi connectivity index (χ3v) is 11.2. The van der Waals surface area contributed by atoms with Gasteiger partial charge in [-0.1, -0.05) is 130 Å². The second kappa shape index (κ2) is 13.6. The lowest BCUT2D eigenvalue weighted by Gasteiger charge is -2.34. The molecule has 0 unspecified atom stereocenters. The van der Waals surface area contributed by atoms with E-state index < -0.39 is 5.41 Å². The van der Waals surface area contributed by atoms with Gasteiger partial charge >= 0.3 is 0 Å². The van der Waals surface area contributed by atoms with Crippen LogP contribution in [0.1, 0.15) is 85.3 Å². The Kier molecular flexibility index (Phi) is 8.66. The lowest BCUT2D eigenvalue weighted by molar-refractivity contribution is 0.103. The fourth-order valence-electron chi connectivity index (χ4n) is 8.52. The van der Waals surface area contributed by atoms with Gasteiger partial charge in [-0.3, -0.25) is 4.79 Å². The zero-order valence-corrected chi connectivity index (χ0v) is 33.4. The highest BCUT2D eigenvalue weighted by atomic mass is 16.5. The lowest BCUT2D eigenvalue weighted by atomic mass is 9.67. The maximum atomic E-state index is 13.3. The maximum absolute atomic E-state index is 13.3. The minimum Gasteiger partial charge on any atom is -0.488 e. The Morgan fingerprint density at radius 3 is 1.42 bits per heavy atom. The number of benzene rings is 8. The predicted octanol–water partition coefficient (Wildman–Crippen LogP) is 13.9. The van der Waals surface area contributed by atoms with E-state index in [4.69, 9.17) is 9.47 Å². The summed E-state index contributed by atoms with van der Waals surface area (Å²) in [6.07, 6.45) is 0. The van der Waals surface area contributed by atoms with E-state index in [0.29, 0.717) is 16.9 Å². The molecular weight excluding hydrogens is 697 g/mol. The summed E-state index contributed by atoms with van der Waals surface area (Å²) in [6, 6.07) is 59.4. The average Bonchev–Trinajstić information content (AvgIpc) is 3.51. The summed E-state index contributed by atoms with van der Waals surface area (Å²) in [4.78, 5) is 13.3. The van der Waals surface area contributed by atoms with Crippen LogP contribution in [0.2, 0.25) is 0 Å². The smallest absolute Gasteiger partial charge is 0.193 e. The fourth-order valence-corrected chi connectivity index (χ4v) is 8.52. The maximum Gasteiger partial charge on any atom is 0.193 e. The van der Waals surface area contributed by atoms with Gasteiger partial charge in [0.15, 0.2) is 5.78 Å². The van der Waals surface area contributed by atoms with Crippen molar-refractivity contribution in [3.05, 3.63) is 209 Å². The zero-order valence-electron chi connectivity index (χ0n) is 33.4. The molecule has 0 saturated heterocycles. The van der Waals surface area contributed by atoms with Crippen molar-refractivity contribution in [2.75, 3.05) is 0 Å². The molecule has 57 heavy (non-hydrogen) atoms. The summed E-state index contributed by atoms with van der Waals surface area (Å²) in [5.41, 5.74) is 9.26. The van der Waals surface area contributed by atoms with Crippen LogP contribution in [0.4, 0.5) is 0 Å². The first kappa shape index (κ1) is 36.2. The molecule has 0 aromatic heterocycles. The van der Waals surface area contributed by atoms with Crippen LogP contribution in [0.3, 0.4) is 0 Å². The predicted molar refractivity (Wildman–Crippen MR) is 234 cm³/mol. The van der Waals surface area contributed by atoms with Crippen molar-refractivity contribution < 1.29 is 14.3 Å². The van der Waals surface area contributed by atoms with Gasteiger partial charge in [0.1, 0.15) is 22.8 Å². The van der Waals surface area contributed by atoms with E-state index in [2.05, 4.69) is 157 Å². The highest BCUT2D eigenvalue weighted by Crippen LogP contribution is 2.56. The van der Waals surface area contributed by atoms with Crippen LogP contribution in [0.5, 0.6) is 17.2 Å². The number of ether oxygens (including phenoxy) is 2. The van der Waals surface area contributed by atoms with Crippen molar-refractivity contribution in [1.82, 2.24) is 0 Å².